The minimum Gasteiger partial charge on any atom is -0.497 e. The summed E-state index contributed by atoms with van der Waals surface area (Å²) >= 11 is 0. The Morgan fingerprint density at radius 3 is 2.53 bits per heavy atom. The molecule has 1 aromatic heterocycles. The molecular weight excluding hydrogens is 598 g/mol. The summed E-state index contributed by atoms with van der Waals surface area (Å²) in [5.41, 5.74) is 3.76. The van der Waals surface area contributed by atoms with Crippen LogP contribution in [0.4, 0.5) is 16.2 Å². The maximum atomic E-state index is 13.6. The van der Waals surface area contributed by atoms with Crippen LogP contribution in [-0.4, -0.2) is 83.3 Å². The van der Waals surface area contributed by atoms with Crippen LogP contribution in [0.5, 0.6) is 11.5 Å². The number of methoxy groups -OCH3 is 1. The highest BCUT2D eigenvalue weighted by atomic mass is 16.5. The number of rotatable bonds is 9. The number of ether oxygens (including phenoxy) is 2. The monoisotopic (exact) mass is 641 g/mol. The molecule has 5 rings (SSSR count). The standard InChI is InChI=1S/C36H43N5O6/c1-23-19-41(24(2)22-42)35(44)18-25-16-28(37-34(43)17-26-20-39(3)31-9-7-6-8-30(26)31)12-15-32(25)47-33(23)21-40(4)36(45)38-27-10-13-29(46-5)14-11-27/h6-16,20,23-24,33,42H,17-19,21-22H2,1-5H3,(H,37,43)(H,38,45)/t23-,24+,33+/m1/s1. The molecule has 3 N–H and O–H groups in total. The van der Waals surface area contributed by atoms with Crippen LogP contribution in [0, 0.1) is 5.92 Å². The number of carbonyl (C=O) groups is 3. The molecule has 248 valence electrons. The summed E-state index contributed by atoms with van der Waals surface area (Å²) in [6, 6.07) is 19.6. The van der Waals surface area contributed by atoms with E-state index < -0.39 is 12.1 Å². The van der Waals surface area contributed by atoms with Gasteiger partial charge in [-0.2, -0.15) is 0 Å². The van der Waals surface area contributed by atoms with Gasteiger partial charge in [0, 0.05) is 60.6 Å². The number of hydrogen-bond donors (Lipinski definition) is 3. The molecule has 3 atom stereocenters. The Balaban J connectivity index is 1.35. The largest absolute Gasteiger partial charge is 0.497 e. The summed E-state index contributed by atoms with van der Waals surface area (Å²) in [6.07, 6.45) is 1.71. The first-order valence-electron chi connectivity index (χ1n) is 15.7. The molecule has 0 spiro atoms. The minimum absolute atomic E-state index is 0.0277. The third-order valence-electron chi connectivity index (χ3n) is 8.67. The second-order valence-corrected chi connectivity index (χ2v) is 12.3. The van der Waals surface area contributed by atoms with Crippen molar-refractivity contribution in [2.75, 3.05) is 44.5 Å². The van der Waals surface area contributed by atoms with E-state index >= 15 is 0 Å². The zero-order chi connectivity index (χ0) is 33.7. The first-order chi connectivity index (χ1) is 22.6. The van der Waals surface area contributed by atoms with Crippen LogP contribution < -0.4 is 20.1 Å². The molecule has 2 heterocycles. The van der Waals surface area contributed by atoms with Gasteiger partial charge in [-0.15, -0.1) is 0 Å². The van der Waals surface area contributed by atoms with E-state index in [-0.39, 0.29) is 49.8 Å². The van der Waals surface area contributed by atoms with Crippen molar-refractivity contribution in [3.05, 3.63) is 84.1 Å². The SMILES string of the molecule is COc1ccc(NC(=O)N(C)C[C@@H]2Oc3ccc(NC(=O)Cc4cn(C)c5ccccc45)cc3CC(=O)N([C@@H](C)CO)C[C@H]2C)cc1. The van der Waals surface area contributed by atoms with Crippen molar-refractivity contribution < 1.29 is 29.0 Å². The van der Waals surface area contributed by atoms with Gasteiger partial charge in [-0.25, -0.2) is 4.79 Å². The van der Waals surface area contributed by atoms with Gasteiger partial charge in [0.25, 0.3) is 0 Å². The number of aliphatic hydroxyl groups excluding tert-OH is 1. The number of aromatic nitrogens is 1. The fraction of sp³-hybridized carbons (Fsp3) is 0.361. The molecule has 11 nitrogen and oxygen atoms in total. The normalized spacial score (nSPS) is 17.1. The number of carbonyl (C=O) groups excluding carboxylic acids is 3. The lowest BCUT2D eigenvalue weighted by Gasteiger charge is -2.34. The van der Waals surface area contributed by atoms with Crippen LogP contribution >= 0.6 is 0 Å². The Hall–Kier alpha value is -5.03. The van der Waals surface area contributed by atoms with Crippen LogP contribution in [0.3, 0.4) is 0 Å². The Bertz CT molecular complexity index is 1740. The van der Waals surface area contributed by atoms with Crippen molar-refractivity contribution >= 4 is 40.1 Å². The molecule has 1 aliphatic rings. The Kier molecular flexibility index (Phi) is 10.4. The summed E-state index contributed by atoms with van der Waals surface area (Å²) < 4.78 is 13.8. The van der Waals surface area contributed by atoms with Gasteiger partial charge < -0.3 is 39.6 Å². The van der Waals surface area contributed by atoms with Gasteiger partial charge in [-0.05, 0) is 61.0 Å². The molecular formula is C36H43N5O6. The molecule has 47 heavy (non-hydrogen) atoms. The maximum Gasteiger partial charge on any atom is 0.321 e. The fourth-order valence-electron chi connectivity index (χ4n) is 5.92. The second-order valence-electron chi connectivity index (χ2n) is 12.3. The van der Waals surface area contributed by atoms with Gasteiger partial charge in [0.05, 0.1) is 39.1 Å². The predicted molar refractivity (Wildman–Crippen MR) is 182 cm³/mol. The molecule has 0 aliphatic carbocycles. The fourth-order valence-corrected chi connectivity index (χ4v) is 5.92. The summed E-state index contributed by atoms with van der Waals surface area (Å²) in [4.78, 5) is 43.1. The Labute approximate surface area is 275 Å². The molecule has 3 aromatic carbocycles. The van der Waals surface area contributed by atoms with E-state index in [9.17, 15) is 19.5 Å². The van der Waals surface area contributed by atoms with E-state index in [1.54, 1.807) is 73.3 Å². The number of likely N-dealkylation sites (N-methyl/N-ethyl adjacent to an activating group) is 1. The van der Waals surface area contributed by atoms with Gasteiger partial charge in [-0.3, -0.25) is 9.59 Å². The predicted octanol–water partition coefficient (Wildman–Crippen LogP) is 4.68. The topological polar surface area (TPSA) is 125 Å². The van der Waals surface area contributed by atoms with Crippen LogP contribution in [0.25, 0.3) is 10.9 Å². The van der Waals surface area contributed by atoms with Gasteiger partial charge in [0.1, 0.15) is 17.6 Å². The molecule has 11 heteroatoms. The van der Waals surface area contributed by atoms with Crippen molar-refractivity contribution in [3.8, 4) is 11.5 Å². The molecule has 0 unspecified atom stereocenters. The van der Waals surface area contributed by atoms with E-state index in [0.717, 1.165) is 16.5 Å². The van der Waals surface area contributed by atoms with E-state index in [1.165, 1.54) is 0 Å². The number of benzene rings is 3. The van der Waals surface area contributed by atoms with E-state index in [0.29, 0.717) is 35.0 Å². The third-order valence-corrected chi connectivity index (χ3v) is 8.67. The van der Waals surface area contributed by atoms with Gasteiger partial charge >= 0.3 is 6.03 Å². The summed E-state index contributed by atoms with van der Waals surface area (Å²) in [6.45, 7) is 4.16. The number of anilines is 2. The molecule has 0 radical (unpaired) electrons. The lowest BCUT2D eigenvalue weighted by Crippen LogP contribution is -2.48. The van der Waals surface area contributed by atoms with Crippen LogP contribution in [0.15, 0.2) is 72.9 Å². The van der Waals surface area contributed by atoms with Gasteiger partial charge in [0.15, 0.2) is 0 Å². The third kappa shape index (κ3) is 7.86. The first kappa shape index (κ1) is 33.3. The van der Waals surface area contributed by atoms with Crippen molar-refractivity contribution in [3.63, 3.8) is 0 Å². The smallest absolute Gasteiger partial charge is 0.321 e. The Morgan fingerprint density at radius 1 is 1.09 bits per heavy atom. The highest BCUT2D eigenvalue weighted by molar-refractivity contribution is 5.96. The number of fused-ring (bicyclic) bond motifs is 2. The lowest BCUT2D eigenvalue weighted by atomic mass is 10.0. The van der Waals surface area contributed by atoms with E-state index in [4.69, 9.17) is 9.47 Å². The molecule has 4 aromatic rings. The number of hydrogen-bond acceptors (Lipinski definition) is 6. The van der Waals surface area contributed by atoms with Crippen molar-refractivity contribution in [2.45, 2.75) is 38.8 Å². The number of aliphatic hydroxyl groups is 1. The van der Waals surface area contributed by atoms with E-state index in [2.05, 4.69) is 10.6 Å². The number of para-hydroxylation sites is 1. The Morgan fingerprint density at radius 2 is 1.81 bits per heavy atom. The van der Waals surface area contributed by atoms with Crippen molar-refractivity contribution in [1.29, 1.82) is 0 Å². The average molecular weight is 642 g/mol. The lowest BCUT2D eigenvalue weighted by molar-refractivity contribution is -0.134. The number of nitrogens with one attached hydrogen (secondary N) is 2. The zero-order valence-electron chi connectivity index (χ0n) is 27.5. The maximum absolute atomic E-state index is 13.6. The summed E-state index contributed by atoms with van der Waals surface area (Å²) in [5, 5.41) is 16.9. The van der Waals surface area contributed by atoms with Crippen LogP contribution in [0.1, 0.15) is 25.0 Å². The molecule has 0 fully saturated rings. The number of amides is 4. The highest BCUT2D eigenvalue weighted by Gasteiger charge is 2.32. The second kappa shape index (κ2) is 14.6. The molecule has 0 bridgehead atoms. The summed E-state index contributed by atoms with van der Waals surface area (Å²) in [5.74, 6) is 0.670. The molecule has 0 saturated heterocycles. The van der Waals surface area contributed by atoms with Gasteiger partial charge in [0.2, 0.25) is 11.8 Å². The number of nitrogens with zero attached hydrogens (tertiary/aromatic N) is 3. The quantitative estimate of drug-likeness (QED) is 0.244. The zero-order valence-corrected chi connectivity index (χ0v) is 27.5. The minimum atomic E-state index is -0.480. The van der Waals surface area contributed by atoms with Crippen LogP contribution in [0.2, 0.25) is 0 Å². The van der Waals surface area contributed by atoms with E-state index in [1.807, 2.05) is 49.0 Å². The van der Waals surface area contributed by atoms with Crippen LogP contribution in [-0.2, 0) is 29.5 Å². The highest BCUT2D eigenvalue weighted by Crippen LogP contribution is 2.30. The van der Waals surface area contributed by atoms with Crippen molar-refractivity contribution in [2.24, 2.45) is 13.0 Å². The molecule has 0 saturated carbocycles. The number of urea groups is 1. The average Bonchev–Trinajstić information content (AvgIpc) is 3.39. The molecule has 4 amide bonds. The summed E-state index contributed by atoms with van der Waals surface area (Å²) in [7, 11) is 5.23. The first-order valence-corrected chi connectivity index (χ1v) is 15.7. The number of aryl methyl sites for hydroxylation is 1. The molecule has 1 aliphatic heterocycles. The van der Waals surface area contributed by atoms with Crippen molar-refractivity contribution in [1.82, 2.24) is 14.4 Å². The van der Waals surface area contributed by atoms with Gasteiger partial charge in [-0.1, -0.05) is 25.1 Å².